The van der Waals surface area contributed by atoms with Crippen molar-refractivity contribution in [3.8, 4) is 5.75 Å². The smallest absolute Gasteiger partial charge is 0.248 e. The minimum absolute atomic E-state index is 0.108. The van der Waals surface area contributed by atoms with Gasteiger partial charge < -0.3 is 10.1 Å². The van der Waals surface area contributed by atoms with Crippen molar-refractivity contribution >= 4 is 23.2 Å². The maximum Gasteiger partial charge on any atom is 0.248 e. The first-order valence-electron chi connectivity index (χ1n) is 8.65. The first-order valence-corrected chi connectivity index (χ1v) is 9.05. The van der Waals surface area contributed by atoms with Gasteiger partial charge >= 0.3 is 0 Å². The largest absolute Gasteiger partial charge is 0.497 e. The fourth-order valence-electron chi connectivity index (χ4n) is 4.26. The van der Waals surface area contributed by atoms with Gasteiger partial charge in [-0.05, 0) is 67.2 Å². The normalized spacial score (nSPS) is 26.8. The summed E-state index contributed by atoms with van der Waals surface area (Å²) in [5.41, 5.74) is 2.84. The predicted octanol–water partition coefficient (Wildman–Crippen LogP) is 1.72. The second-order valence-electron chi connectivity index (χ2n) is 6.92. The van der Waals surface area contributed by atoms with E-state index in [-0.39, 0.29) is 5.91 Å². The van der Waals surface area contributed by atoms with Crippen molar-refractivity contribution in [2.45, 2.75) is 25.3 Å². The molecule has 0 aliphatic carbocycles. The molecule has 2 fully saturated rings. The lowest BCUT2D eigenvalue weighted by molar-refractivity contribution is -0.125. The van der Waals surface area contributed by atoms with Crippen LogP contribution in [0.1, 0.15) is 30.0 Å². The summed E-state index contributed by atoms with van der Waals surface area (Å²) >= 11 is 5.26. The van der Waals surface area contributed by atoms with Crippen LogP contribution in [0.3, 0.4) is 0 Å². The first kappa shape index (κ1) is 15.8. The third-order valence-corrected chi connectivity index (χ3v) is 5.94. The van der Waals surface area contributed by atoms with Crippen molar-refractivity contribution in [3.63, 3.8) is 0 Å². The molecule has 0 spiro atoms. The number of hydrogen-bond acceptors (Lipinski definition) is 4. The van der Waals surface area contributed by atoms with E-state index in [9.17, 15) is 4.79 Å². The molecule has 0 aromatic heterocycles. The van der Waals surface area contributed by atoms with Gasteiger partial charge in [-0.15, -0.1) is 0 Å². The average Bonchev–Trinajstić information content (AvgIpc) is 2.93. The summed E-state index contributed by atoms with van der Waals surface area (Å²) in [4.78, 5) is 16.3. The lowest BCUT2D eigenvalue weighted by Gasteiger charge is -2.44. The van der Waals surface area contributed by atoms with Gasteiger partial charge in [0.15, 0.2) is 5.11 Å². The number of amides is 1. The summed E-state index contributed by atoms with van der Waals surface area (Å²) in [6, 6.07) is 6.92. The van der Waals surface area contributed by atoms with E-state index in [1.54, 1.807) is 12.0 Å². The molecule has 4 rings (SSSR count). The Labute approximate surface area is 147 Å². The summed E-state index contributed by atoms with van der Waals surface area (Å²) < 4.78 is 5.37. The highest BCUT2D eigenvalue weighted by molar-refractivity contribution is 7.80. The molecule has 3 aliphatic heterocycles. The van der Waals surface area contributed by atoms with E-state index in [0.717, 1.165) is 44.6 Å². The molecule has 1 N–H and O–H groups in total. The fraction of sp³-hybridized carbons (Fsp3) is 0.556. The Bertz CT molecular complexity index is 662. The standard InChI is InChI=1S/C18H23N3O2S/c1-23-14-2-3-15-13(9-14)5-7-20-6-4-12(8-16(15)20)11-21-17(22)10-19-18(21)24/h2-3,9,12,16H,4-8,10-11H2,1H3,(H,19,24). The minimum atomic E-state index is 0.108. The zero-order valence-corrected chi connectivity index (χ0v) is 14.8. The average molecular weight is 345 g/mol. The van der Waals surface area contributed by atoms with Crippen LogP contribution < -0.4 is 10.1 Å². The van der Waals surface area contributed by atoms with Gasteiger partial charge in [-0.2, -0.15) is 0 Å². The molecule has 24 heavy (non-hydrogen) atoms. The number of methoxy groups -OCH3 is 1. The van der Waals surface area contributed by atoms with Crippen molar-refractivity contribution < 1.29 is 9.53 Å². The Morgan fingerprint density at radius 1 is 1.38 bits per heavy atom. The zero-order chi connectivity index (χ0) is 16.7. The molecule has 5 nitrogen and oxygen atoms in total. The van der Waals surface area contributed by atoms with Crippen LogP contribution in [0.5, 0.6) is 5.75 Å². The van der Waals surface area contributed by atoms with Crippen LogP contribution in [-0.2, 0) is 11.2 Å². The highest BCUT2D eigenvalue weighted by atomic mass is 32.1. The van der Waals surface area contributed by atoms with Crippen molar-refractivity contribution in [2.24, 2.45) is 5.92 Å². The van der Waals surface area contributed by atoms with E-state index in [1.807, 2.05) is 0 Å². The monoisotopic (exact) mass is 345 g/mol. The van der Waals surface area contributed by atoms with Crippen LogP contribution in [-0.4, -0.2) is 54.1 Å². The molecule has 1 aromatic carbocycles. The number of rotatable bonds is 3. The maximum absolute atomic E-state index is 12.0. The second kappa shape index (κ2) is 6.33. The van der Waals surface area contributed by atoms with Gasteiger partial charge in [-0.3, -0.25) is 14.6 Å². The Kier molecular flexibility index (Phi) is 4.18. The summed E-state index contributed by atoms with van der Waals surface area (Å²) in [6.45, 7) is 3.31. The Balaban J connectivity index is 1.51. The third-order valence-electron chi connectivity index (χ3n) is 5.58. The Hall–Kier alpha value is -1.66. The van der Waals surface area contributed by atoms with Gasteiger partial charge in [0.05, 0.1) is 13.7 Å². The van der Waals surface area contributed by atoms with Gasteiger partial charge in [0.1, 0.15) is 5.75 Å². The van der Waals surface area contributed by atoms with E-state index in [2.05, 4.69) is 28.4 Å². The molecule has 2 unspecified atom stereocenters. The van der Waals surface area contributed by atoms with Gasteiger partial charge in [-0.1, -0.05) is 6.07 Å². The molecule has 0 radical (unpaired) electrons. The lowest BCUT2D eigenvalue weighted by atomic mass is 9.82. The molecule has 3 aliphatic rings. The van der Waals surface area contributed by atoms with Gasteiger partial charge in [0, 0.05) is 19.1 Å². The van der Waals surface area contributed by atoms with Gasteiger partial charge in [-0.25, -0.2) is 0 Å². The number of carbonyl (C=O) groups is 1. The van der Waals surface area contributed by atoms with Gasteiger partial charge in [0.2, 0.25) is 5.91 Å². The van der Waals surface area contributed by atoms with Crippen molar-refractivity contribution in [1.29, 1.82) is 0 Å². The van der Waals surface area contributed by atoms with E-state index in [0.29, 0.717) is 23.6 Å². The summed E-state index contributed by atoms with van der Waals surface area (Å²) in [7, 11) is 1.72. The number of ether oxygens (including phenoxy) is 1. The molecule has 6 heteroatoms. The number of fused-ring (bicyclic) bond motifs is 3. The molecule has 128 valence electrons. The number of piperidine rings is 1. The number of carbonyl (C=O) groups excluding carboxylic acids is 1. The van der Waals surface area contributed by atoms with Crippen molar-refractivity contribution in [3.05, 3.63) is 29.3 Å². The third kappa shape index (κ3) is 2.78. The fourth-order valence-corrected chi connectivity index (χ4v) is 4.51. The summed E-state index contributed by atoms with van der Waals surface area (Å²) in [6.07, 6.45) is 3.31. The van der Waals surface area contributed by atoms with E-state index in [4.69, 9.17) is 17.0 Å². The lowest BCUT2D eigenvalue weighted by Crippen LogP contribution is -2.44. The number of nitrogens with one attached hydrogen (secondary N) is 1. The van der Waals surface area contributed by atoms with Crippen LogP contribution in [0, 0.1) is 5.92 Å². The Morgan fingerprint density at radius 3 is 3.00 bits per heavy atom. The molecule has 0 saturated carbocycles. The van der Waals surface area contributed by atoms with Crippen LogP contribution in [0.4, 0.5) is 0 Å². The maximum atomic E-state index is 12.0. The first-order chi connectivity index (χ1) is 11.7. The molecule has 2 atom stereocenters. The molecular weight excluding hydrogens is 322 g/mol. The summed E-state index contributed by atoms with van der Waals surface area (Å²) in [5.74, 6) is 1.55. The second-order valence-corrected chi connectivity index (χ2v) is 7.31. The molecule has 3 heterocycles. The molecule has 0 bridgehead atoms. The van der Waals surface area contributed by atoms with E-state index in [1.165, 1.54) is 11.1 Å². The SMILES string of the molecule is COc1ccc2c(c1)CCN1CCC(CN3C(=O)CNC3=S)CC21. The zero-order valence-electron chi connectivity index (χ0n) is 14.0. The Morgan fingerprint density at radius 2 is 2.25 bits per heavy atom. The van der Waals surface area contributed by atoms with Crippen molar-refractivity contribution in [1.82, 2.24) is 15.1 Å². The van der Waals surface area contributed by atoms with Gasteiger partial charge in [0.25, 0.3) is 0 Å². The van der Waals surface area contributed by atoms with Crippen molar-refractivity contribution in [2.75, 3.05) is 33.3 Å². The highest BCUT2D eigenvalue weighted by Gasteiger charge is 2.36. The van der Waals surface area contributed by atoms with Crippen LogP contribution in [0.15, 0.2) is 18.2 Å². The molecule has 2 saturated heterocycles. The highest BCUT2D eigenvalue weighted by Crippen LogP contribution is 2.40. The van der Waals surface area contributed by atoms with Crippen LogP contribution >= 0.6 is 12.2 Å². The summed E-state index contributed by atoms with van der Waals surface area (Å²) in [5, 5.41) is 3.57. The van der Waals surface area contributed by atoms with Crippen LogP contribution in [0.2, 0.25) is 0 Å². The molecule has 1 aromatic rings. The number of thiocarbonyl (C=S) groups is 1. The quantitative estimate of drug-likeness (QED) is 0.845. The number of benzene rings is 1. The topological polar surface area (TPSA) is 44.8 Å². The molecule has 1 amide bonds. The van der Waals surface area contributed by atoms with E-state index >= 15 is 0 Å². The predicted molar refractivity (Wildman–Crippen MR) is 96.0 cm³/mol. The molecular formula is C18H23N3O2S. The van der Waals surface area contributed by atoms with E-state index < -0.39 is 0 Å². The number of hydrogen-bond donors (Lipinski definition) is 1. The van der Waals surface area contributed by atoms with Crippen LogP contribution in [0.25, 0.3) is 0 Å². The minimum Gasteiger partial charge on any atom is -0.497 e. The number of nitrogens with zero attached hydrogens (tertiary/aromatic N) is 2.